The summed E-state index contributed by atoms with van der Waals surface area (Å²) >= 11 is 1.45. The number of hydrogen-bond acceptors (Lipinski definition) is 5. The summed E-state index contributed by atoms with van der Waals surface area (Å²) in [6.45, 7) is 4.25. The number of carbonyl (C=O) groups is 2. The van der Waals surface area contributed by atoms with Crippen LogP contribution in [0.1, 0.15) is 34.1 Å². The summed E-state index contributed by atoms with van der Waals surface area (Å²) in [4.78, 5) is 31.6. The van der Waals surface area contributed by atoms with E-state index < -0.39 is 6.09 Å². The first-order valence-electron chi connectivity index (χ1n) is 9.00. The molecule has 0 radical (unpaired) electrons. The third-order valence-corrected chi connectivity index (χ3v) is 6.26. The number of amides is 2. The molecule has 0 saturated carbocycles. The van der Waals surface area contributed by atoms with Gasteiger partial charge in [-0.1, -0.05) is 6.07 Å². The second kappa shape index (κ2) is 7.20. The highest BCUT2D eigenvalue weighted by Crippen LogP contribution is 2.32. The molecule has 2 fully saturated rings. The van der Waals surface area contributed by atoms with Crippen molar-refractivity contribution in [2.45, 2.75) is 18.8 Å². The van der Waals surface area contributed by atoms with Crippen molar-refractivity contribution in [2.75, 3.05) is 39.3 Å². The van der Waals surface area contributed by atoms with Crippen LogP contribution >= 0.6 is 11.3 Å². The largest absolute Gasteiger partial charge is 0.465 e. The zero-order valence-electron chi connectivity index (χ0n) is 14.5. The van der Waals surface area contributed by atoms with Gasteiger partial charge in [-0.15, -0.1) is 11.3 Å². The minimum atomic E-state index is -0.838. The van der Waals surface area contributed by atoms with Gasteiger partial charge < -0.3 is 20.2 Å². The Kier molecular flexibility index (Phi) is 4.78. The molecular weight excluding hydrogens is 352 g/mol. The SMILES string of the molecule is O=C(O)N1CCC(c2ccc3sc(C(=O)N4CCNCC4)nc3c2)CC1. The maximum Gasteiger partial charge on any atom is 0.407 e. The molecule has 2 aliphatic rings. The molecule has 7 nitrogen and oxygen atoms in total. The van der Waals surface area contributed by atoms with E-state index in [1.165, 1.54) is 21.8 Å². The lowest BCUT2D eigenvalue weighted by atomic mass is 9.89. The third kappa shape index (κ3) is 3.39. The molecule has 2 amide bonds. The fraction of sp³-hybridized carbons (Fsp3) is 0.500. The summed E-state index contributed by atoms with van der Waals surface area (Å²) in [5.41, 5.74) is 2.06. The van der Waals surface area contributed by atoms with Crippen LogP contribution in [0, 0.1) is 0 Å². The van der Waals surface area contributed by atoms with E-state index in [0.717, 1.165) is 49.2 Å². The quantitative estimate of drug-likeness (QED) is 0.842. The third-order valence-electron chi connectivity index (χ3n) is 5.24. The minimum absolute atomic E-state index is 0.0176. The standard InChI is InChI=1S/C18H22N4O3S/c23-17(21-9-5-19-6-10-21)16-20-14-11-13(1-2-15(14)26-16)12-3-7-22(8-4-12)18(24)25/h1-2,11-12,19H,3-10H2,(H,24,25). The zero-order chi connectivity index (χ0) is 18.1. The van der Waals surface area contributed by atoms with E-state index in [0.29, 0.717) is 24.0 Å². The number of nitrogens with zero attached hydrogens (tertiary/aromatic N) is 3. The number of piperazine rings is 1. The monoisotopic (exact) mass is 374 g/mol. The number of likely N-dealkylation sites (tertiary alicyclic amines) is 1. The average molecular weight is 374 g/mol. The van der Waals surface area contributed by atoms with Gasteiger partial charge in [0.15, 0.2) is 5.01 Å². The summed E-state index contributed by atoms with van der Waals surface area (Å²) in [7, 11) is 0. The normalized spacial score (nSPS) is 19.1. The number of thiazole rings is 1. The second-order valence-corrected chi connectivity index (χ2v) is 7.86. The second-order valence-electron chi connectivity index (χ2n) is 6.83. The molecule has 0 atom stereocenters. The van der Waals surface area contributed by atoms with E-state index in [2.05, 4.69) is 22.4 Å². The Labute approximate surface area is 155 Å². The molecule has 0 unspecified atom stereocenters. The number of nitrogens with one attached hydrogen (secondary N) is 1. The van der Waals surface area contributed by atoms with Crippen LogP contribution < -0.4 is 5.32 Å². The van der Waals surface area contributed by atoms with E-state index in [-0.39, 0.29) is 5.91 Å². The van der Waals surface area contributed by atoms with Crippen molar-refractivity contribution < 1.29 is 14.7 Å². The van der Waals surface area contributed by atoms with E-state index in [4.69, 9.17) is 5.11 Å². The lowest BCUT2D eigenvalue weighted by Gasteiger charge is -2.30. The predicted octanol–water partition coefficient (Wildman–Crippen LogP) is 2.20. The Morgan fingerprint density at radius 2 is 1.85 bits per heavy atom. The molecule has 26 heavy (non-hydrogen) atoms. The van der Waals surface area contributed by atoms with Crippen molar-refractivity contribution in [1.29, 1.82) is 0 Å². The maximum absolute atomic E-state index is 12.6. The number of rotatable bonds is 2. The summed E-state index contributed by atoms with van der Waals surface area (Å²) < 4.78 is 1.02. The number of carbonyl (C=O) groups excluding carboxylic acids is 1. The van der Waals surface area contributed by atoms with Crippen molar-refractivity contribution in [1.82, 2.24) is 20.1 Å². The smallest absolute Gasteiger partial charge is 0.407 e. The Hall–Kier alpha value is -2.19. The van der Waals surface area contributed by atoms with E-state index >= 15 is 0 Å². The topological polar surface area (TPSA) is 85.8 Å². The van der Waals surface area contributed by atoms with Gasteiger partial charge in [0.1, 0.15) is 0 Å². The van der Waals surface area contributed by atoms with Gasteiger partial charge >= 0.3 is 6.09 Å². The fourth-order valence-corrected chi connectivity index (χ4v) is 4.61. The van der Waals surface area contributed by atoms with Crippen LogP contribution in [0.25, 0.3) is 10.2 Å². The molecule has 3 heterocycles. The fourth-order valence-electron chi connectivity index (χ4n) is 3.70. The van der Waals surface area contributed by atoms with Gasteiger partial charge in [0, 0.05) is 39.3 Å². The molecule has 1 aromatic carbocycles. The van der Waals surface area contributed by atoms with Gasteiger partial charge in [0.05, 0.1) is 10.2 Å². The number of piperidine rings is 1. The highest BCUT2D eigenvalue weighted by molar-refractivity contribution is 7.20. The number of hydrogen-bond donors (Lipinski definition) is 2. The van der Waals surface area contributed by atoms with Crippen LogP contribution in [0.4, 0.5) is 4.79 Å². The number of benzene rings is 1. The highest BCUT2D eigenvalue weighted by atomic mass is 32.1. The molecule has 0 bridgehead atoms. The van der Waals surface area contributed by atoms with E-state index in [9.17, 15) is 9.59 Å². The van der Waals surface area contributed by atoms with Crippen molar-refractivity contribution in [3.63, 3.8) is 0 Å². The van der Waals surface area contributed by atoms with E-state index in [1.54, 1.807) is 0 Å². The molecule has 1 aromatic heterocycles. The van der Waals surface area contributed by atoms with Gasteiger partial charge in [-0.05, 0) is 36.5 Å². The Bertz CT molecular complexity index is 823. The predicted molar refractivity (Wildman–Crippen MR) is 100.0 cm³/mol. The van der Waals surface area contributed by atoms with Crippen molar-refractivity contribution >= 4 is 33.6 Å². The number of aromatic nitrogens is 1. The molecule has 0 spiro atoms. The van der Waals surface area contributed by atoms with Gasteiger partial charge in [-0.2, -0.15) is 0 Å². The first-order valence-corrected chi connectivity index (χ1v) is 9.82. The Balaban J connectivity index is 1.51. The Morgan fingerprint density at radius 3 is 2.54 bits per heavy atom. The first kappa shape index (κ1) is 17.2. The van der Waals surface area contributed by atoms with Crippen LogP contribution in [0.2, 0.25) is 0 Å². The lowest BCUT2D eigenvalue weighted by molar-refractivity contribution is 0.0735. The van der Waals surface area contributed by atoms with Crippen molar-refractivity contribution in [3.8, 4) is 0 Å². The average Bonchev–Trinajstić information content (AvgIpc) is 3.11. The van der Waals surface area contributed by atoms with Gasteiger partial charge in [-0.3, -0.25) is 4.79 Å². The van der Waals surface area contributed by atoms with E-state index in [1.807, 2.05) is 11.0 Å². The molecule has 8 heteroatoms. The van der Waals surface area contributed by atoms with Crippen molar-refractivity contribution in [2.24, 2.45) is 0 Å². The number of carboxylic acid groups (broad SMARTS) is 1. The van der Waals surface area contributed by atoms with Crippen LogP contribution in [0.3, 0.4) is 0 Å². The van der Waals surface area contributed by atoms with Crippen molar-refractivity contribution in [3.05, 3.63) is 28.8 Å². The molecule has 2 aromatic rings. The van der Waals surface area contributed by atoms with Crippen LogP contribution in [-0.4, -0.2) is 71.2 Å². The van der Waals surface area contributed by atoms with Gasteiger partial charge in [-0.25, -0.2) is 9.78 Å². The summed E-state index contributed by atoms with van der Waals surface area (Å²) in [6, 6.07) is 6.21. The summed E-state index contributed by atoms with van der Waals surface area (Å²) in [5, 5.41) is 12.9. The summed E-state index contributed by atoms with van der Waals surface area (Å²) in [5.74, 6) is 0.369. The maximum atomic E-state index is 12.6. The van der Waals surface area contributed by atoms with Crippen LogP contribution in [0.15, 0.2) is 18.2 Å². The first-order chi connectivity index (χ1) is 12.6. The summed E-state index contributed by atoms with van der Waals surface area (Å²) in [6.07, 6.45) is 0.817. The molecule has 2 saturated heterocycles. The highest BCUT2D eigenvalue weighted by Gasteiger charge is 2.25. The lowest BCUT2D eigenvalue weighted by Crippen LogP contribution is -2.46. The number of fused-ring (bicyclic) bond motifs is 1. The van der Waals surface area contributed by atoms with Crippen LogP contribution in [0.5, 0.6) is 0 Å². The molecule has 2 aliphatic heterocycles. The minimum Gasteiger partial charge on any atom is -0.465 e. The Morgan fingerprint density at radius 1 is 1.12 bits per heavy atom. The molecule has 4 rings (SSSR count). The molecule has 2 N–H and O–H groups in total. The molecule has 0 aliphatic carbocycles. The van der Waals surface area contributed by atoms with Gasteiger partial charge in [0.2, 0.25) is 0 Å². The van der Waals surface area contributed by atoms with Gasteiger partial charge in [0.25, 0.3) is 5.91 Å². The van der Waals surface area contributed by atoms with Crippen LogP contribution in [-0.2, 0) is 0 Å². The molecule has 138 valence electrons. The zero-order valence-corrected chi connectivity index (χ0v) is 15.3. The molecular formula is C18H22N4O3S.